The molecular formula is C10H12F2N2O3. The average molecular weight is 246 g/mol. The number of aryl methyl sites for hydroxylation is 1. The molecule has 1 heterocycles. The second kappa shape index (κ2) is 5.03. The van der Waals surface area contributed by atoms with Gasteiger partial charge in [0.2, 0.25) is 0 Å². The number of halogens is 2. The molecule has 94 valence electrons. The number of rotatable bonds is 5. The normalized spacial score (nSPS) is 11.3. The maximum Gasteiger partial charge on any atom is 0.321 e. The van der Waals surface area contributed by atoms with Crippen LogP contribution in [0.2, 0.25) is 0 Å². The first-order chi connectivity index (χ1) is 7.88. The Morgan fingerprint density at radius 2 is 2.18 bits per heavy atom. The van der Waals surface area contributed by atoms with Crippen molar-refractivity contribution in [3.05, 3.63) is 17.7 Å². The summed E-state index contributed by atoms with van der Waals surface area (Å²) in [6.07, 6.45) is -0.130. The number of H-pyrrole nitrogens is 1. The van der Waals surface area contributed by atoms with Crippen molar-refractivity contribution in [2.24, 2.45) is 0 Å². The van der Waals surface area contributed by atoms with Crippen LogP contribution >= 0.6 is 0 Å². The Labute approximate surface area is 96.2 Å². The molecule has 0 saturated carbocycles. The molecular weight excluding hydrogens is 234 g/mol. The number of Topliss-reactive ketones (excluding diaryl/α,β-unsaturated/α-hetero) is 1. The van der Waals surface area contributed by atoms with Gasteiger partial charge in [0, 0.05) is 5.69 Å². The number of imidazole rings is 1. The summed E-state index contributed by atoms with van der Waals surface area (Å²) in [6, 6.07) is 0. The van der Waals surface area contributed by atoms with Crippen molar-refractivity contribution < 1.29 is 23.1 Å². The van der Waals surface area contributed by atoms with Gasteiger partial charge in [0.15, 0.2) is 0 Å². The van der Waals surface area contributed by atoms with Crippen LogP contribution in [0.3, 0.4) is 0 Å². The second-order valence-electron chi connectivity index (χ2n) is 3.39. The van der Waals surface area contributed by atoms with Crippen LogP contribution in [0, 0.1) is 6.92 Å². The Morgan fingerprint density at radius 1 is 1.53 bits per heavy atom. The Hall–Kier alpha value is -1.79. The highest BCUT2D eigenvalue weighted by Crippen LogP contribution is 2.24. The lowest BCUT2D eigenvalue weighted by Crippen LogP contribution is -2.33. The fraction of sp³-hybridized carbons (Fsp3) is 0.500. The molecule has 1 N–H and O–H groups in total. The van der Waals surface area contributed by atoms with Crippen molar-refractivity contribution in [3.63, 3.8) is 0 Å². The third-order valence-corrected chi connectivity index (χ3v) is 2.05. The van der Waals surface area contributed by atoms with Crippen molar-refractivity contribution in [3.8, 4) is 0 Å². The van der Waals surface area contributed by atoms with Crippen LogP contribution in [0.15, 0.2) is 6.33 Å². The third-order valence-electron chi connectivity index (χ3n) is 2.05. The van der Waals surface area contributed by atoms with E-state index >= 15 is 0 Å². The third kappa shape index (κ3) is 3.08. The lowest BCUT2D eigenvalue weighted by Gasteiger charge is -2.13. The molecule has 0 radical (unpaired) electrons. The Morgan fingerprint density at radius 3 is 2.65 bits per heavy atom. The second-order valence-corrected chi connectivity index (χ2v) is 3.39. The van der Waals surface area contributed by atoms with Crippen molar-refractivity contribution in [1.29, 1.82) is 0 Å². The number of carbonyl (C=O) groups excluding carboxylic acids is 2. The van der Waals surface area contributed by atoms with Crippen LogP contribution in [-0.4, -0.2) is 34.2 Å². The molecule has 0 aliphatic rings. The van der Waals surface area contributed by atoms with E-state index in [1.165, 1.54) is 13.8 Å². The van der Waals surface area contributed by atoms with E-state index in [0.717, 1.165) is 6.33 Å². The van der Waals surface area contributed by atoms with Gasteiger partial charge in [-0.15, -0.1) is 0 Å². The van der Waals surface area contributed by atoms with E-state index in [1.807, 2.05) is 0 Å². The minimum absolute atomic E-state index is 0.00939. The van der Waals surface area contributed by atoms with E-state index in [9.17, 15) is 18.4 Å². The highest BCUT2D eigenvalue weighted by atomic mass is 19.3. The van der Waals surface area contributed by atoms with E-state index in [1.54, 1.807) is 0 Å². The van der Waals surface area contributed by atoms with E-state index < -0.39 is 24.1 Å². The number of hydrogen-bond acceptors (Lipinski definition) is 4. The molecule has 1 aromatic rings. The Balaban J connectivity index is 2.80. The van der Waals surface area contributed by atoms with Gasteiger partial charge in [-0.25, -0.2) is 4.98 Å². The highest BCUT2D eigenvalue weighted by molar-refractivity contribution is 6.02. The molecule has 0 aliphatic carbocycles. The molecule has 0 aromatic carbocycles. The van der Waals surface area contributed by atoms with Crippen molar-refractivity contribution in [1.82, 2.24) is 9.97 Å². The molecule has 7 heteroatoms. The minimum Gasteiger partial charge on any atom is -0.466 e. The summed E-state index contributed by atoms with van der Waals surface area (Å²) in [6.45, 7) is 2.93. The summed E-state index contributed by atoms with van der Waals surface area (Å²) >= 11 is 0. The molecule has 0 saturated heterocycles. The summed E-state index contributed by atoms with van der Waals surface area (Å²) in [7, 11) is 0. The number of aromatic amines is 1. The number of carbonyl (C=O) groups is 2. The SMILES string of the molecule is CCOC(=O)CC(F)(F)C(=O)c1nc[nH]c1C. The number of ether oxygens (including phenoxy) is 1. The smallest absolute Gasteiger partial charge is 0.321 e. The van der Waals surface area contributed by atoms with Gasteiger partial charge >= 0.3 is 11.9 Å². The molecule has 0 bridgehead atoms. The van der Waals surface area contributed by atoms with Crippen LogP contribution in [0.1, 0.15) is 29.5 Å². The molecule has 0 fully saturated rings. The Bertz CT molecular complexity index is 429. The first-order valence-corrected chi connectivity index (χ1v) is 4.96. The zero-order valence-electron chi connectivity index (χ0n) is 9.42. The number of aromatic nitrogens is 2. The van der Waals surface area contributed by atoms with E-state index in [-0.39, 0.29) is 18.0 Å². The fourth-order valence-corrected chi connectivity index (χ4v) is 1.23. The van der Waals surface area contributed by atoms with Crippen LogP contribution in [0.25, 0.3) is 0 Å². The molecule has 0 amide bonds. The first kappa shape index (κ1) is 13.3. The van der Waals surface area contributed by atoms with Gasteiger partial charge in [0.25, 0.3) is 5.78 Å². The van der Waals surface area contributed by atoms with Gasteiger partial charge < -0.3 is 9.72 Å². The number of alkyl halides is 2. The van der Waals surface area contributed by atoms with Crippen molar-refractivity contribution in [2.45, 2.75) is 26.2 Å². The molecule has 0 atom stereocenters. The predicted molar refractivity (Wildman–Crippen MR) is 53.9 cm³/mol. The lowest BCUT2D eigenvalue weighted by molar-refractivity contribution is -0.148. The fourth-order valence-electron chi connectivity index (χ4n) is 1.23. The zero-order chi connectivity index (χ0) is 13.1. The van der Waals surface area contributed by atoms with Crippen molar-refractivity contribution in [2.75, 3.05) is 6.61 Å². The molecule has 0 spiro atoms. The van der Waals surface area contributed by atoms with Gasteiger partial charge in [-0.3, -0.25) is 9.59 Å². The minimum atomic E-state index is -3.80. The van der Waals surface area contributed by atoms with Crippen molar-refractivity contribution >= 4 is 11.8 Å². The summed E-state index contributed by atoms with van der Waals surface area (Å²) in [5.41, 5.74) is -0.127. The molecule has 1 aromatic heterocycles. The van der Waals surface area contributed by atoms with Gasteiger partial charge in [-0.05, 0) is 13.8 Å². The number of nitrogens with zero attached hydrogens (tertiary/aromatic N) is 1. The average Bonchev–Trinajstić information content (AvgIpc) is 2.62. The van der Waals surface area contributed by atoms with Crippen LogP contribution < -0.4 is 0 Å². The maximum atomic E-state index is 13.4. The quantitative estimate of drug-likeness (QED) is 0.631. The Kier molecular flexibility index (Phi) is 3.93. The van der Waals surface area contributed by atoms with E-state index in [2.05, 4.69) is 14.7 Å². The van der Waals surface area contributed by atoms with Gasteiger partial charge in [0.1, 0.15) is 12.1 Å². The molecule has 0 unspecified atom stereocenters. The summed E-state index contributed by atoms with van der Waals surface area (Å²) in [4.78, 5) is 28.4. The first-order valence-electron chi connectivity index (χ1n) is 4.96. The highest BCUT2D eigenvalue weighted by Gasteiger charge is 2.43. The molecule has 1 rings (SSSR count). The largest absolute Gasteiger partial charge is 0.466 e. The van der Waals surface area contributed by atoms with E-state index in [4.69, 9.17) is 0 Å². The van der Waals surface area contributed by atoms with Crippen LogP contribution in [0.5, 0.6) is 0 Å². The number of nitrogens with one attached hydrogen (secondary N) is 1. The molecule has 5 nitrogen and oxygen atoms in total. The van der Waals surface area contributed by atoms with Gasteiger partial charge in [-0.2, -0.15) is 8.78 Å². The predicted octanol–water partition coefficient (Wildman–Crippen LogP) is 1.49. The number of esters is 1. The molecule has 17 heavy (non-hydrogen) atoms. The standard InChI is InChI=1S/C10H12F2N2O3/c1-3-17-7(15)4-10(11,12)9(16)8-6(2)13-5-14-8/h5H,3-4H2,1-2H3,(H,13,14). The van der Waals surface area contributed by atoms with Crippen LogP contribution in [0.4, 0.5) is 8.78 Å². The zero-order valence-corrected chi connectivity index (χ0v) is 9.42. The van der Waals surface area contributed by atoms with Gasteiger partial charge in [-0.1, -0.05) is 0 Å². The summed E-state index contributed by atoms with van der Waals surface area (Å²) < 4.78 is 31.2. The summed E-state index contributed by atoms with van der Waals surface area (Å²) in [5, 5.41) is 0. The summed E-state index contributed by atoms with van der Waals surface area (Å²) in [5.74, 6) is -6.39. The van der Waals surface area contributed by atoms with Gasteiger partial charge in [0.05, 0.1) is 12.9 Å². The lowest BCUT2D eigenvalue weighted by atomic mass is 10.1. The number of hydrogen-bond donors (Lipinski definition) is 1. The topological polar surface area (TPSA) is 72.1 Å². The van der Waals surface area contributed by atoms with Crippen LogP contribution in [-0.2, 0) is 9.53 Å². The maximum absolute atomic E-state index is 13.4. The monoisotopic (exact) mass is 246 g/mol. The number of ketones is 1. The molecule has 0 aliphatic heterocycles. The van der Waals surface area contributed by atoms with E-state index in [0.29, 0.717) is 0 Å².